The fourth-order valence-corrected chi connectivity index (χ4v) is 3.75. The van der Waals surface area contributed by atoms with Gasteiger partial charge in [0.05, 0.1) is 23.6 Å². The largest absolute Gasteiger partial charge is 0.465 e. The minimum Gasteiger partial charge on any atom is -0.465 e. The first-order valence-electron chi connectivity index (χ1n) is 9.69. The molecule has 0 aliphatic carbocycles. The van der Waals surface area contributed by atoms with Gasteiger partial charge in [0.2, 0.25) is 5.91 Å². The lowest BCUT2D eigenvalue weighted by atomic mass is 10.2. The molecule has 0 aliphatic heterocycles. The molecule has 0 radical (unpaired) electrons. The number of hydrogen-bond donors (Lipinski definition) is 2. The number of thioether (sulfide) groups is 1. The van der Waals surface area contributed by atoms with E-state index in [4.69, 9.17) is 4.74 Å². The SMILES string of the molecule is COC(=O)c1ccccc1NC(=O)C(C)Sc1cccc(NC(=O)c2ccc(F)cc2)c1. The minimum absolute atomic E-state index is 0.269. The van der Waals surface area contributed by atoms with Crippen LogP contribution in [0.3, 0.4) is 0 Å². The van der Waals surface area contributed by atoms with Crippen LogP contribution in [0.2, 0.25) is 0 Å². The van der Waals surface area contributed by atoms with Crippen molar-refractivity contribution in [1.29, 1.82) is 0 Å². The third-order valence-corrected chi connectivity index (χ3v) is 5.56. The van der Waals surface area contributed by atoms with E-state index in [2.05, 4.69) is 10.6 Å². The molecule has 32 heavy (non-hydrogen) atoms. The number of amides is 2. The van der Waals surface area contributed by atoms with Gasteiger partial charge in [0, 0.05) is 16.1 Å². The first kappa shape index (κ1) is 23.0. The van der Waals surface area contributed by atoms with E-state index in [0.29, 0.717) is 16.9 Å². The van der Waals surface area contributed by atoms with E-state index in [1.165, 1.54) is 43.1 Å². The molecule has 2 amide bonds. The summed E-state index contributed by atoms with van der Waals surface area (Å²) in [5.41, 5.74) is 1.53. The highest BCUT2D eigenvalue weighted by atomic mass is 32.2. The summed E-state index contributed by atoms with van der Waals surface area (Å²) in [6.45, 7) is 1.74. The Morgan fingerprint density at radius 3 is 2.38 bits per heavy atom. The average Bonchev–Trinajstić information content (AvgIpc) is 2.79. The number of anilines is 2. The van der Waals surface area contributed by atoms with Crippen LogP contribution in [-0.4, -0.2) is 30.1 Å². The van der Waals surface area contributed by atoms with Gasteiger partial charge in [-0.05, 0) is 61.5 Å². The standard InChI is InChI=1S/C24H21FN2O4S/c1-15(22(28)27-21-9-4-3-8-20(21)24(30)31-2)32-19-7-5-6-18(14-19)26-23(29)16-10-12-17(25)13-11-16/h3-15H,1-2H3,(H,26,29)(H,27,28). The van der Waals surface area contributed by atoms with Crippen molar-refractivity contribution in [1.82, 2.24) is 0 Å². The van der Waals surface area contributed by atoms with Crippen molar-refractivity contribution in [2.75, 3.05) is 17.7 Å². The van der Waals surface area contributed by atoms with Crippen LogP contribution in [0.1, 0.15) is 27.6 Å². The van der Waals surface area contributed by atoms with Crippen LogP contribution >= 0.6 is 11.8 Å². The van der Waals surface area contributed by atoms with Gasteiger partial charge in [0.15, 0.2) is 0 Å². The van der Waals surface area contributed by atoms with Gasteiger partial charge in [-0.15, -0.1) is 11.8 Å². The smallest absolute Gasteiger partial charge is 0.339 e. The molecule has 164 valence electrons. The summed E-state index contributed by atoms with van der Waals surface area (Å²) >= 11 is 1.30. The molecule has 0 aliphatic rings. The summed E-state index contributed by atoms with van der Waals surface area (Å²) in [6, 6.07) is 18.9. The number of carbonyl (C=O) groups is 3. The highest BCUT2D eigenvalue weighted by Gasteiger charge is 2.18. The van der Waals surface area contributed by atoms with Crippen LogP contribution in [0, 0.1) is 5.82 Å². The lowest BCUT2D eigenvalue weighted by Gasteiger charge is -2.14. The molecule has 3 rings (SSSR count). The van der Waals surface area contributed by atoms with Crippen LogP contribution in [-0.2, 0) is 9.53 Å². The number of esters is 1. The van der Waals surface area contributed by atoms with Crippen molar-refractivity contribution in [3.05, 3.63) is 89.7 Å². The number of methoxy groups -OCH3 is 1. The Balaban J connectivity index is 1.65. The van der Waals surface area contributed by atoms with E-state index in [1.54, 1.807) is 49.4 Å². The first-order valence-corrected chi connectivity index (χ1v) is 10.6. The van der Waals surface area contributed by atoms with Crippen molar-refractivity contribution in [2.24, 2.45) is 0 Å². The first-order chi connectivity index (χ1) is 15.4. The zero-order valence-corrected chi connectivity index (χ0v) is 18.2. The van der Waals surface area contributed by atoms with Crippen molar-refractivity contribution in [3.63, 3.8) is 0 Å². The quantitative estimate of drug-likeness (QED) is 0.390. The topological polar surface area (TPSA) is 84.5 Å². The second-order valence-corrected chi connectivity index (χ2v) is 8.19. The molecule has 8 heteroatoms. The Morgan fingerprint density at radius 2 is 1.66 bits per heavy atom. The van der Waals surface area contributed by atoms with Gasteiger partial charge in [-0.2, -0.15) is 0 Å². The molecule has 0 spiro atoms. The number of hydrogen-bond acceptors (Lipinski definition) is 5. The molecule has 0 fully saturated rings. The Kier molecular flexibility index (Phi) is 7.62. The van der Waals surface area contributed by atoms with Crippen LogP contribution in [0.4, 0.5) is 15.8 Å². The van der Waals surface area contributed by atoms with Crippen molar-refractivity contribution in [2.45, 2.75) is 17.1 Å². The van der Waals surface area contributed by atoms with Crippen LogP contribution in [0.25, 0.3) is 0 Å². The van der Waals surface area contributed by atoms with Gasteiger partial charge in [-0.25, -0.2) is 9.18 Å². The maximum Gasteiger partial charge on any atom is 0.339 e. The van der Waals surface area contributed by atoms with Gasteiger partial charge in [0.1, 0.15) is 5.82 Å². The van der Waals surface area contributed by atoms with Gasteiger partial charge in [-0.1, -0.05) is 18.2 Å². The zero-order chi connectivity index (χ0) is 23.1. The number of carbonyl (C=O) groups excluding carboxylic acids is 3. The molecule has 0 saturated heterocycles. The molecule has 0 aromatic heterocycles. The van der Waals surface area contributed by atoms with Gasteiger partial charge in [-0.3, -0.25) is 9.59 Å². The van der Waals surface area contributed by atoms with E-state index in [0.717, 1.165) is 4.90 Å². The second kappa shape index (κ2) is 10.6. The molecular formula is C24H21FN2O4S. The lowest BCUT2D eigenvalue weighted by Crippen LogP contribution is -2.23. The Bertz CT molecular complexity index is 1130. The molecule has 6 nitrogen and oxygen atoms in total. The zero-order valence-electron chi connectivity index (χ0n) is 17.4. The molecule has 2 N–H and O–H groups in total. The summed E-state index contributed by atoms with van der Waals surface area (Å²) < 4.78 is 17.8. The van der Waals surface area contributed by atoms with E-state index in [1.807, 2.05) is 6.07 Å². The predicted molar refractivity (Wildman–Crippen MR) is 123 cm³/mol. The second-order valence-electron chi connectivity index (χ2n) is 6.78. The highest BCUT2D eigenvalue weighted by molar-refractivity contribution is 8.00. The number of benzene rings is 3. The molecule has 3 aromatic carbocycles. The van der Waals surface area contributed by atoms with Crippen LogP contribution in [0.5, 0.6) is 0 Å². The average molecular weight is 453 g/mol. The predicted octanol–water partition coefficient (Wildman–Crippen LogP) is 4.98. The molecule has 0 heterocycles. The number of nitrogens with one attached hydrogen (secondary N) is 2. The van der Waals surface area contributed by atoms with Crippen molar-refractivity contribution >= 4 is 40.9 Å². The summed E-state index contributed by atoms with van der Waals surface area (Å²) in [6.07, 6.45) is 0. The molecule has 1 unspecified atom stereocenters. The van der Waals surface area contributed by atoms with Crippen molar-refractivity contribution in [3.8, 4) is 0 Å². The maximum absolute atomic E-state index is 13.0. The third-order valence-electron chi connectivity index (χ3n) is 4.47. The Hall–Kier alpha value is -3.65. The third kappa shape index (κ3) is 5.95. The molecule has 3 aromatic rings. The minimum atomic E-state index is -0.536. The van der Waals surface area contributed by atoms with Crippen LogP contribution in [0.15, 0.2) is 77.7 Å². The van der Waals surface area contributed by atoms with Crippen molar-refractivity contribution < 1.29 is 23.5 Å². The normalized spacial score (nSPS) is 11.3. The number of halogens is 1. The van der Waals surface area contributed by atoms with E-state index in [9.17, 15) is 18.8 Å². The van der Waals surface area contributed by atoms with E-state index < -0.39 is 17.0 Å². The number of ether oxygens (including phenoxy) is 1. The Morgan fingerprint density at radius 1 is 0.938 bits per heavy atom. The van der Waals surface area contributed by atoms with E-state index >= 15 is 0 Å². The summed E-state index contributed by atoms with van der Waals surface area (Å²) in [7, 11) is 1.28. The molecule has 0 bridgehead atoms. The molecule has 1 atom stereocenters. The Labute approximate surface area is 189 Å². The molecular weight excluding hydrogens is 431 g/mol. The highest BCUT2D eigenvalue weighted by Crippen LogP contribution is 2.27. The fraction of sp³-hybridized carbons (Fsp3) is 0.125. The van der Waals surface area contributed by atoms with Gasteiger partial charge < -0.3 is 15.4 Å². The summed E-state index contributed by atoms with van der Waals surface area (Å²) in [5, 5.41) is 5.04. The van der Waals surface area contributed by atoms with E-state index in [-0.39, 0.29) is 17.4 Å². The van der Waals surface area contributed by atoms with Gasteiger partial charge >= 0.3 is 5.97 Å². The number of rotatable bonds is 7. The monoisotopic (exact) mass is 452 g/mol. The number of para-hydroxylation sites is 1. The maximum atomic E-state index is 13.0. The molecule has 0 saturated carbocycles. The summed E-state index contributed by atoms with van der Waals surface area (Å²) in [5.74, 6) is -1.60. The fourth-order valence-electron chi connectivity index (χ4n) is 2.82. The van der Waals surface area contributed by atoms with Crippen LogP contribution < -0.4 is 10.6 Å². The van der Waals surface area contributed by atoms with Gasteiger partial charge in [0.25, 0.3) is 5.91 Å². The lowest BCUT2D eigenvalue weighted by molar-refractivity contribution is -0.115. The summed E-state index contributed by atoms with van der Waals surface area (Å²) in [4.78, 5) is 37.7.